The van der Waals surface area contributed by atoms with Crippen LogP contribution in [0, 0.1) is 0 Å². The predicted molar refractivity (Wildman–Crippen MR) is 116 cm³/mol. The molecule has 0 N–H and O–H groups in total. The van der Waals surface area contributed by atoms with Crippen LogP contribution < -0.4 is 0 Å². The molecular formula is C23H28ClN3O2. The van der Waals surface area contributed by atoms with E-state index < -0.39 is 0 Å². The number of hydrogen-bond acceptors (Lipinski definition) is 3. The third-order valence-electron chi connectivity index (χ3n) is 5.45. The van der Waals surface area contributed by atoms with Gasteiger partial charge in [0.25, 0.3) is 11.8 Å². The van der Waals surface area contributed by atoms with Crippen LogP contribution in [0.2, 0.25) is 5.02 Å². The molecule has 154 valence electrons. The SMILES string of the molecule is CCN(CC)Cc1ccc(C(=O)N2CCN(C(=O)c3ccc(Cl)cc3)CC2)cc1. The first-order chi connectivity index (χ1) is 14.0. The van der Waals surface area contributed by atoms with Gasteiger partial charge in [-0.25, -0.2) is 0 Å². The summed E-state index contributed by atoms with van der Waals surface area (Å²) in [5, 5.41) is 0.611. The molecular weight excluding hydrogens is 386 g/mol. The molecule has 0 aromatic heterocycles. The summed E-state index contributed by atoms with van der Waals surface area (Å²) >= 11 is 5.89. The molecule has 1 heterocycles. The maximum Gasteiger partial charge on any atom is 0.253 e. The molecule has 1 fully saturated rings. The van der Waals surface area contributed by atoms with E-state index in [1.807, 2.05) is 29.2 Å². The Balaban J connectivity index is 1.55. The second-order valence-corrected chi connectivity index (χ2v) is 7.69. The van der Waals surface area contributed by atoms with Crippen LogP contribution in [0.15, 0.2) is 48.5 Å². The highest BCUT2D eigenvalue weighted by Gasteiger charge is 2.25. The van der Waals surface area contributed by atoms with Crippen LogP contribution in [0.25, 0.3) is 0 Å². The lowest BCUT2D eigenvalue weighted by atomic mass is 10.1. The third kappa shape index (κ3) is 5.37. The Hall–Kier alpha value is -2.37. The highest BCUT2D eigenvalue weighted by Crippen LogP contribution is 2.15. The van der Waals surface area contributed by atoms with Crippen molar-refractivity contribution in [1.82, 2.24) is 14.7 Å². The van der Waals surface area contributed by atoms with Gasteiger partial charge in [0.1, 0.15) is 0 Å². The largest absolute Gasteiger partial charge is 0.335 e. The number of carbonyl (C=O) groups excluding carboxylic acids is 2. The number of rotatable bonds is 6. The molecule has 2 amide bonds. The first-order valence-electron chi connectivity index (χ1n) is 10.2. The Bertz CT molecular complexity index is 824. The molecule has 5 nitrogen and oxygen atoms in total. The summed E-state index contributed by atoms with van der Waals surface area (Å²) in [7, 11) is 0. The smallest absolute Gasteiger partial charge is 0.253 e. The number of amides is 2. The van der Waals surface area contributed by atoms with Crippen molar-refractivity contribution in [1.29, 1.82) is 0 Å². The number of carbonyl (C=O) groups is 2. The fraction of sp³-hybridized carbons (Fsp3) is 0.391. The number of halogens is 1. The molecule has 0 bridgehead atoms. The van der Waals surface area contributed by atoms with Gasteiger partial charge in [0, 0.05) is 48.9 Å². The summed E-state index contributed by atoms with van der Waals surface area (Å²) in [6, 6.07) is 14.8. The topological polar surface area (TPSA) is 43.9 Å². The lowest BCUT2D eigenvalue weighted by Crippen LogP contribution is -2.50. The molecule has 29 heavy (non-hydrogen) atoms. The number of nitrogens with zero attached hydrogens (tertiary/aromatic N) is 3. The van der Waals surface area contributed by atoms with E-state index in [0.717, 1.165) is 19.6 Å². The molecule has 2 aromatic rings. The number of piperazine rings is 1. The standard InChI is InChI=1S/C23H28ClN3O2/c1-3-25(4-2)17-18-5-7-19(8-6-18)22(28)26-13-15-27(16-14-26)23(29)20-9-11-21(24)12-10-20/h5-12H,3-4,13-17H2,1-2H3. The lowest BCUT2D eigenvalue weighted by molar-refractivity contribution is 0.0535. The van der Waals surface area contributed by atoms with Crippen LogP contribution in [-0.2, 0) is 6.54 Å². The van der Waals surface area contributed by atoms with Gasteiger partial charge in [0.05, 0.1) is 0 Å². The maximum atomic E-state index is 12.8. The maximum absolute atomic E-state index is 12.8. The second kappa shape index (κ2) is 9.90. The molecule has 0 saturated carbocycles. The average Bonchev–Trinajstić information content (AvgIpc) is 2.77. The Labute approximate surface area is 177 Å². The minimum atomic E-state index is -0.0190. The lowest BCUT2D eigenvalue weighted by Gasteiger charge is -2.35. The van der Waals surface area contributed by atoms with Crippen molar-refractivity contribution in [3.05, 3.63) is 70.2 Å². The first-order valence-corrected chi connectivity index (χ1v) is 10.5. The highest BCUT2D eigenvalue weighted by molar-refractivity contribution is 6.30. The zero-order chi connectivity index (χ0) is 20.8. The van der Waals surface area contributed by atoms with E-state index in [4.69, 9.17) is 11.6 Å². The van der Waals surface area contributed by atoms with Crippen molar-refractivity contribution < 1.29 is 9.59 Å². The Morgan fingerprint density at radius 3 is 1.62 bits per heavy atom. The van der Waals surface area contributed by atoms with Crippen molar-refractivity contribution in [2.45, 2.75) is 20.4 Å². The number of hydrogen-bond donors (Lipinski definition) is 0. The van der Waals surface area contributed by atoms with Crippen LogP contribution in [0.3, 0.4) is 0 Å². The van der Waals surface area contributed by atoms with Gasteiger partial charge < -0.3 is 9.80 Å². The molecule has 0 aliphatic carbocycles. The molecule has 0 spiro atoms. The van der Waals surface area contributed by atoms with Crippen molar-refractivity contribution in [3.63, 3.8) is 0 Å². The van der Waals surface area contributed by atoms with E-state index in [2.05, 4.69) is 18.7 Å². The molecule has 0 unspecified atom stereocenters. The fourth-order valence-electron chi connectivity index (χ4n) is 3.53. The van der Waals surface area contributed by atoms with E-state index in [-0.39, 0.29) is 11.8 Å². The van der Waals surface area contributed by atoms with Gasteiger partial charge in [-0.15, -0.1) is 0 Å². The summed E-state index contributed by atoms with van der Waals surface area (Å²) in [5.74, 6) is 0.00695. The summed E-state index contributed by atoms with van der Waals surface area (Å²) in [6.07, 6.45) is 0. The van der Waals surface area contributed by atoms with Crippen molar-refractivity contribution in [2.75, 3.05) is 39.3 Å². The highest BCUT2D eigenvalue weighted by atomic mass is 35.5. The normalized spacial score (nSPS) is 14.3. The summed E-state index contributed by atoms with van der Waals surface area (Å²) in [4.78, 5) is 31.4. The van der Waals surface area contributed by atoms with Crippen LogP contribution in [0.1, 0.15) is 40.1 Å². The second-order valence-electron chi connectivity index (χ2n) is 7.25. The van der Waals surface area contributed by atoms with E-state index >= 15 is 0 Å². The Morgan fingerprint density at radius 2 is 1.21 bits per heavy atom. The van der Waals surface area contributed by atoms with Crippen molar-refractivity contribution in [2.24, 2.45) is 0 Å². The van der Waals surface area contributed by atoms with E-state index in [1.165, 1.54) is 5.56 Å². The van der Waals surface area contributed by atoms with Gasteiger partial charge >= 0.3 is 0 Å². The van der Waals surface area contributed by atoms with Crippen LogP contribution in [0.4, 0.5) is 0 Å². The zero-order valence-electron chi connectivity index (χ0n) is 17.1. The van der Waals surface area contributed by atoms with E-state index in [0.29, 0.717) is 42.3 Å². The Morgan fingerprint density at radius 1 is 0.793 bits per heavy atom. The van der Waals surface area contributed by atoms with Gasteiger partial charge in [0.2, 0.25) is 0 Å². The van der Waals surface area contributed by atoms with Gasteiger partial charge in [-0.1, -0.05) is 37.6 Å². The van der Waals surface area contributed by atoms with Gasteiger partial charge in [0.15, 0.2) is 0 Å². The summed E-state index contributed by atoms with van der Waals surface area (Å²) in [5.41, 5.74) is 2.53. The van der Waals surface area contributed by atoms with Crippen LogP contribution in [-0.4, -0.2) is 65.8 Å². The Kier molecular flexibility index (Phi) is 7.29. The predicted octanol–water partition coefficient (Wildman–Crippen LogP) is 3.78. The quantitative estimate of drug-likeness (QED) is 0.723. The molecule has 6 heteroatoms. The van der Waals surface area contributed by atoms with Crippen molar-refractivity contribution >= 4 is 23.4 Å². The van der Waals surface area contributed by atoms with Crippen molar-refractivity contribution in [3.8, 4) is 0 Å². The third-order valence-corrected chi connectivity index (χ3v) is 5.70. The summed E-state index contributed by atoms with van der Waals surface area (Å²) < 4.78 is 0. The van der Waals surface area contributed by atoms with Crippen LogP contribution >= 0.6 is 11.6 Å². The van der Waals surface area contributed by atoms with Gasteiger partial charge in [-0.3, -0.25) is 14.5 Å². The molecule has 2 aromatic carbocycles. The molecule has 0 atom stereocenters. The van der Waals surface area contributed by atoms with E-state index in [9.17, 15) is 9.59 Å². The number of benzene rings is 2. The minimum Gasteiger partial charge on any atom is -0.335 e. The average molecular weight is 414 g/mol. The molecule has 1 aliphatic rings. The minimum absolute atomic E-state index is 0.0190. The van der Waals surface area contributed by atoms with Gasteiger partial charge in [-0.05, 0) is 55.1 Å². The van der Waals surface area contributed by atoms with E-state index in [1.54, 1.807) is 29.2 Å². The zero-order valence-corrected chi connectivity index (χ0v) is 17.9. The molecule has 1 aliphatic heterocycles. The summed E-state index contributed by atoms with van der Waals surface area (Å²) in [6.45, 7) is 9.37. The monoisotopic (exact) mass is 413 g/mol. The molecule has 1 saturated heterocycles. The molecule has 0 radical (unpaired) electrons. The van der Waals surface area contributed by atoms with Crippen LogP contribution in [0.5, 0.6) is 0 Å². The molecule has 3 rings (SSSR count). The first kappa shape index (κ1) is 21.3. The van der Waals surface area contributed by atoms with Gasteiger partial charge in [-0.2, -0.15) is 0 Å². The fourth-order valence-corrected chi connectivity index (χ4v) is 3.65.